The minimum atomic E-state index is -0.217. The number of carbonyl (C=O) groups is 2. The predicted octanol–water partition coefficient (Wildman–Crippen LogP) is 3.79. The molecule has 2 aliphatic heterocycles. The van der Waals surface area contributed by atoms with Crippen molar-refractivity contribution in [3.05, 3.63) is 48.0 Å². The summed E-state index contributed by atoms with van der Waals surface area (Å²) in [6.07, 6.45) is 3.84. The number of anilines is 2. The molecule has 0 radical (unpaired) electrons. The van der Waals surface area contributed by atoms with Crippen molar-refractivity contribution in [3.8, 4) is 5.75 Å². The largest absolute Gasteiger partial charge is 0.482 e. The zero-order chi connectivity index (χ0) is 19.5. The number of nitrogens with zero attached hydrogens (tertiary/aromatic N) is 2. The van der Waals surface area contributed by atoms with Gasteiger partial charge in [0.15, 0.2) is 6.61 Å². The Labute approximate surface area is 169 Å². The fourth-order valence-electron chi connectivity index (χ4n) is 3.32. The number of hydrogen-bond acceptors (Lipinski definition) is 5. The van der Waals surface area contributed by atoms with Gasteiger partial charge in [0.25, 0.3) is 11.8 Å². The number of nitrogens with one attached hydrogen (secondary N) is 1. The second-order valence-electron chi connectivity index (χ2n) is 6.98. The Morgan fingerprint density at radius 2 is 1.82 bits per heavy atom. The van der Waals surface area contributed by atoms with E-state index < -0.39 is 0 Å². The lowest BCUT2D eigenvalue weighted by molar-refractivity contribution is -0.120. The van der Waals surface area contributed by atoms with Gasteiger partial charge in [0.2, 0.25) is 0 Å². The first-order valence-corrected chi connectivity index (χ1v) is 10.3. The van der Waals surface area contributed by atoms with Crippen molar-refractivity contribution in [2.75, 3.05) is 37.0 Å². The Morgan fingerprint density at radius 3 is 2.57 bits per heavy atom. The van der Waals surface area contributed by atoms with Crippen molar-refractivity contribution >= 4 is 35.1 Å². The lowest BCUT2D eigenvalue weighted by atomic mass is 10.1. The van der Waals surface area contributed by atoms with Crippen LogP contribution in [0, 0.1) is 0 Å². The highest BCUT2D eigenvalue weighted by molar-refractivity contribution is 7.97. The van der Waals surface area contributed by atoms with Gasteiger partial charge in [-0.25, -0.2) is 4.31 Å². The average molecular weight is 398 g/mol. The third kappa shape index (κ3) is 4.15. The lowest BCUT2D eigenvalue weighted by Crippen LogP contribution is -2.35. The molecule has 0 atom stereocenters. The standard InChI is InChI=1S/C21H23N3O3S/c1-23-18-13-15(5-10-19(18)27-14-20(23)25)21(26)22-16-6-8-17(9-7-16)28-24-11-3-2-4-12-24/h5-10,13H,2-4,11-12,14H2,1H3,(H,22,26). The van der Waals surface area contributed by atoms with Gasteiger partial charge >= 0.3 is 0 Å². The van der Waals surface area contributed by atoms with Crippen LogP contribution < -0.4 is 15.0 Å². The van der Waals surface area contributed by atoms with Gasteiger partial charge in [0.1, 0.15) is 5.75 Å². The number of hydrogen-bond donors (Lipinski definition) is 1. The highest BCUT2D eigenvalue weighted by atomic mass is 32.2. The van der Waals surface area contributed by atoms with Gasteiger partial charge < -0.3 is 15.0 Å². The maximum absolute atomic E-state index is 12.6. The second kappa shape index (κ2) is 8.24. The number of ether oxygens (including phenoxy) is 1. The molecule has 0 bridgehead atoms. The molecule has 2 aromatic rings. The van der Waals surface area contributed by atoms with E-state index in [0.29, 0.717) is 17.0 Å². The number of rotatable bonds is 4. The van der Waals surface area contributed by atoms with Crippen LogP contribution in [0.1, 0.15) is 29.6 Å². The first kappa shape index (κ1) is 18.8. The molecule has 0 aromatic heterocycles. The molecule has 1 N–H and O–H groups in total. The predicted molar refractivity (Wildman–Crippen MR) is 111 cm³/mol. The third-order valence-electron chi connectivity index (χ3n) is 4.97. The Hall–Kier alpha value is -2.51. The summed E-state index contributed by atoms with van der Waals surface area (Å²) in [6.45, 7) is 2.28. The number of amides is 2. The fourth-order valence-corrected chi connectivity index (χ4v) is 4.32. The van der Waals surface area contributed by atoms with E-state index in [0.717, 1.165) is 18.8 Å². The quantitative estimate of drug-likeness (QED) is 0.796. The molecule has 4 rings (SSSR count). The summed E-state index contributed by atoms with van der Waals surface area (Å²) in [7, 11) is 1.68. The van der Waals surface area contributed by atoms with Crippen molar-refractivity contribution in [2.24, 2.45) is 0 Å². The monoisotopic (exact) mass is 397 g/mol. The molecule has 0 unspecified atom stereocenters. The summed E-state index contributed by atoms with van der Waals surface area (Å²) in [5, 5.41) is 2.92. The molecule has 7 heteroatoms. The zero-order valence-electron chi connectivity index (χ0n) is 15.8. The third-order valence-corrected chi connectivity index (χ3v) is 6.08. The van der Waals surface area contributed by atoms with E-state index in [4.69, 9.17) is 4.74 Å². The van der Waals surface area contributed by atoms with E-state index in [1.165, 1.54) is 29.1 Å². The van der Waals surface area contributed by atoms with E-state index in [1.807, 2.05) is 24.3 Å². The topological polar surface area (TPSA) is 61.9 Å². The van der Waals surface area contributed by atoms with Crippen LogP contribution in [0.25, 0.3) is 0 Å². The normalized spacial score (nSPS) is 17.0. The zero-order valence-corrected chi connectivity index (χ0v) is 16.6. The van der Waals surface area contributed by atoms with Crippen LogP contribution in [-0.4, -0.2) is 42.9 Å². The van der Waals surface area contributed by atoms with Crippen molar-refractivity contribution in [3.63, 3.8) is 0 Å². The molecule has 2 heterocycles. The van der Waals surface area contributed by atoms with E-state index >= 15 is 0 Å². The maximum atomic E-state index is 12.6. The first-order valence-electron chi connectivity index (χ1n) is 9.48. The van der Waals surface area contributed by atoms with E-state index in [9.17, 15) is 9.59 Å². The Bertz CT molecular complexity index is 879. The van der Waals surface area contributed by atoms with E-state index in [-0.39, 0.29) is 18.4 Å². The molecule has 146 valence electrons. The number of piperidine rings is 1. The van der Waals surface area contributed by atoms with Crippen LogP contribution in [0.2, 0.25) is 0 Å². The first-order chi connectivity index (χ1) is 13.6. The second-order valence-corrected chi connectivity index (χ2v) is 8.15. The highest BCUT2D eigenvalue weighted by Gasteiger charge is 2.23. The van der Waals surface area contributed by atoms with Crippen LogP contribution >= 0.6 is 11.9 Å². The van der Waals surface area contributed by atoms with Crippen LogP contribution in [0.15, 0.2) is 47.4 Å². The summed E-state index contributed by atoms with van der Waals surface area (Å²) in [5.41, 5.74) is 1.83. The molecule has 0 saturated carbocycles. The van der Waals surface area contributed by atoms with Gasteiger partial charge in [-0.3, -0.25) is 9.59 Å². The highest BCUT2D eigenvalue weighted by Crippen LogP contribution is 2.32. The molecule has 2 amide bonds. The number of carbonyl (C=O) groups excluding carboxylic acids is 2. The van der Waals surface area contributed by atoms with Crippen molar-refractivity contribution in [1.82, 2.24) is 4.31 Å². The smallest absolute Gasteiger partial charge is 0.264 e. The van der Waals surface area contributed by atoms with Gasteiger partial charge in [-0.2, -0.15) is 0 Å². The summed E-state index contributed by atoms with van der Waals surface area (Å²) in [6, 6.07) is 13.0. The SMILES string of the molecule is CN1C(=O)COc2ccc(C(=O)Nc3ccc(SN4CCCCC4)cc3)cc21. The van der Waals surface area contributed by atoms with Crippen LogP contribution in [0.3, 0.4) is 0 Å². The van der Waals surface area contributed by atoms with Gasteiger partial charge in [-0.15, -0.1) is 0 Å². The van der Waals surface area contributed by atoms with E-state index in [1.54, 1.807) is 37.2 Å². The Balaban J connectivity index is 1.41. The molecule has 28 heavy (non-hydrogen) atoms. The van der Waals surface area contributed by atoms with Crippen LogP contribution in [-0.2, 0) is 4.79 Å². The molecule has 1 fully saturated rings. The Morgan fingerprint density at radius 1 is 1.07 bits per heavy atom. The van der Waals surface area contributed by atoms with Crippen molar-refractivity contribution < 1.29 is 14.3 Å². The number of likely N-dealkylation sites (N-methyl/N-ethyl adjacent to an activating group) is 1. The molecule has 1 saturated heterocycles. The summed E-state index contributed by atoms with van der Waals surface area (Å²) < 4.78 is 7.80. The summed E-state index contributed by atoms with van der Waals surface area (Å²) in [5.74, 6) is 0.259. The summed E-state index contributed by atoms with van der Waals surface area (Å²) >= 11 is 1.77. The molecule has 6 nitrogen and oxygen atoms in total. The van der Waals surface area contributed by atoms with Gasteiger partial charge in [-0.05, 0) is 67.3 Å². The minimum Gasteiger partial charge on any atom is -0.482 e. The molecular weight excluding hydrogens is 374 g/mol. The van der Waals surface area contributed by atoms with Crippen molar-refractivity contribution in [1.29, 1.82) is 0 Å². The average Bonchev–Trinajstić information content (AvgIpc) is 2.73. The fraction of sp³-hybridized carbons (Fsp3) is 0.333. The van der Waals surface area contributed by atoms with Gasteiger partial charge in [0.05, 0.1) is 5.69 Å². The molecule has 0 aliphatic carbocycles. The van der Waals surface area contributed by atoms with Crippen LogP contribution in [0.5, 0.6) is 5.75 Å². The Kier molecular flexibility index (Phi) is 5.54. The van der Waals surface area contributed by atoms with Crippen molar-refractivity contribution in [2.45, 2.75) is 24.2 Å². The molecule has 0 spiro atoms. The van der Waals surface area contributed by atoms with Gasteiger partial charge in [-0.1, -0.05) is 6.42 Å². The summed E-state index contributed by atoms with van der Waals surface area (Å²) in [4.78, 5) is 27.1. The number of fused-ring (bicyclic) bond motifs is 1. The number of benzene rings is 2. The van der Waals surface area contributed by atoms with Crippen LogP contribution in [0.4, 0.5) is 11.4 Å². The maximum Gasteiger partial charge on any atom is 0.264 e. The van der Waals surface area contributed by atoms with Gasteiger partial charge in [0, 0.05) is 36.3 Å². The molecule has 2 aromatic carbocycles. The molecule has 2 aliphatic rings. The lowest BCUT2D eigenvalue weighted by Gasteiger charge is -2.26. The molecular formula is C21H23N3O3S. The van der Waals surface area contributed by atoms with E-state index in [2.05, 4.69) is 9.62 Å². The minimum absolute atomic E-state index is 0.0246.